The molecule has 1 heterocycles. The molecular formula is C16H22N2. The van der Waals surface area contributed by atoms with Gasteiger partial charge in [-0.2, -0.15) is 0 Å². The average molecular weight is 242 g/mol. The smallest absolute Gasteiger partial charge is 0.0731 e. The van der Waals surface area contributed by atoms with Crippen molar-refractivity contribution in [2.75, 3.05) is 11.9 Å². The lowest BCUT2D eigenvalue weighted by atomic mass is 9.99. The first kappa shape index (κ1) is 12.9. The number of hydrogen-bond donors (Lipinski definition) is 1. The third kappa shape index (κ3) is 2.07. The van der Waals surface area contributed by atoms with E-state index in [-0.39, 0.29) is 0 Å². The van der Waals surface area contributed by atoms with Gasteiger partial charge in [-0.05, 0) is 56.9 Å². The fourth-order valence-electron chi connectivity index (χ4n) is 2.74. The Hall–Kier alpha value is -1.57. The number of rotatable bonds is 3. The quantitative estimate of drug-likeness (QED) is 0.874. The van der Waals surface area contributed by atoms with Gasteiger partial charge in [0, 0.05) is 23.3 Å². The van der Waals surface area contributed by atoms with Crippen molar-refractivity contribution in [2.45, 2.75) is 41.0 Å². The third-order valence-corrected chi connectivity index (χ3v) is 3.44. The van der Waals surface area contributed by atoms with Gasteiger partial charge in [0.05, 0.1) is 5.52 Å². The topological polar surface area (TPSA) is 24.9 Å². The summed E-state index contributed by atoms with van der Waals surface area (Å²) in [4.78, 5) is 4.77. The molecule has 0 aliphatic heterocycles. The van der Waals surface area contributed by atoms with Crippen LogP contribution in [0.3, 0.4) is 0 Å². The van der Waals surface area contributed by atoms with Crippen LogP contribution in [0, 0.1) is 20.8 Å². The normalized spacial score (nSPS) is 10.9. The van der Waals surface area contributed by atoms with E-state index in [1.807, 2.05) is 0 Å². The van der Waals surface area contributed by atoms with E-state index in [1.54, 1.807) is 0 Å². The Labute approximate surface area is 109 Å². The zero-order chi connectivity index (χ0) is 13.3. The molecular weight excluding hydrogens is 220 g/mol. The van der Waals surface area contributed by atoms with Crippen LogP contribution in [0.4, 0.5) is 5.69 Å². The van der Waals surface area contributed by atoms with Gasteiger partial charge >= 0.3 is 0 Å². The maximum absolute atomic E-state index is 4.77. The average Bonchev–Trinajstić information content (AvgIpc) is 2.28. The van der Waals surface area contributed by atoms with Crippen molar-refractivity contribution in [3.05, 3.63) is 34.5 Å². The molecule has 0 saturated carbocycles. The molecule has 0 saturated heterocycles. The lowest BCUT2D eigenvalue weighted by Crippen LogP contribution is -2.06. The Balaban J connectivity index is 2.87. The molecule has 0 fully saturated rings. The maximum Gasteiger partial charge on any atom is 0.0731 e. The molecule has 0 amide bonds. The second-order valence-electron chi connectivity index (χ2n) is 4.91. The summed E-state index contributed by atoms with van der Waals surface area (Å²) in [5.74, 6) is 0. The number of aryl methyl sites for hydroxylation is 3. The molecule has 18 heavy (non-hydrogen) atoms. The second kappa shape index (κ2) is 4.97. The van der Waals surface area contributed by atoms with Crippen LogP contribution in [0.2, 0.25) is 0 Å². The fraction of sp³-hybridized carbons (Fsp3) is 0.438. The monoisotopic (exact) mass is 242 g/mol. The molecule has 1 aromatic heterocycles. The SMILES string of the molecule is CCNc1c(CC)c(C)nc2cc(C)cc(C)c12. The van der Waals surface area contributed by atoms with Crippen molar-refractivity contribution in [1.29, 1.82) is 0 Å². The van der Waals surface area contributed by atoms with Crippen molar-refractivity contribution in [3.8, 4) is 0 Å². The summed E-state index contributed by atoms with van der Waals surface area (Å²) >= 11 is 0. The molecule has 1 N–H and O–H groups in total. The molecule has 0 bridgehead atoms. The van der Waals surface area contributed by atoms with Crippen molar-refractivity contribution in [3.63, 3.8) is 0 Å². The van der Waals surface area contributed by atoms with Crippen molar-refractivity contribution >= 4 is 16.6 Å². The van der Waals surface area contributed by atoms with Gasteiger partial charge in [0.15, 0.2) is 0 Å². The maximum atomic E-state index is 4.77. The largest absolute Gasteiger partial charge is 0.384 e. The van der Waals surface area contributed by atoms with E-state index in [4.69, 9.17) is 4.98 Å². The molecule has 0 atom stereocenters. The predicted molar refractivity (Wildman–Crippen MR) is 79.5 cm³/mol. The molecule has 0 aliphatic rings. The van der Waals surface area contributed by atoms with Gasteiger partial charge in [0.2, 0.25) is 0 Å². The van der Waals surface area contributed by atoms with Crippen LogP contribution in [-0.4, -0.2) is 11.5 Å². The van der Waals surface area contributed by atoms with E-state index >= 15 is 0 Å². The van der Waals surface area contributed by atoms with Gasteiger partial charge in [-0.25, -0.2) is 0 Å². The minimum Gasteiger partial charge on any atom is -0.384 e. The number of fused-ring (bicyclic) bond motifs is 1. The molecule has 0 unspecified atom stereocenters. The molecule has 2 aromatic rings. The highest BCUT2D eigenvalue weighted by molar-refractivity contribution is 5.96. The first-order valence-corrected chi connectivity index (χ1v) is 6.72. The van der Waals surface area contributed by atoms with E-state index in [9.17, 15) is 0 Å². The first-order chi connectivity index (χ1) is 8.58. The van der Waals surface area contributed by atoms with Crippen molar-refractivity contribution in [1.82, 2.24) is 4.98 Å². The minimum atomic E-state index is 0.943. The van der Waals surface area contributed by atoms with Gasteiger partial charge in [-0.3, -0.25) is 4.98 Å². The summed E-state index contributed by atoms with van der Waals surface area (Å²) in [5.41, 5.74) is 7.46. The molecule has 0 spiro atoms. The summed E-state index contributed by atoms with van der Waals surface area (Å²) in [5, 5.41) is 4.81. The highest BCUT2D eigenvalue weighted by Crippen LogP contribution is 2.32. The highest BCUT2D eigenvalue weighted by Gasteiger charge is 2.12. The molecule has 2 nitrogen and oxygen atoms in total. The molecule has 0 aliphatic carbocycles. The number of hydrogen-bond acceptors (Lipinski definition) is 2. The molecule has 2 rings (SSSR count). The zero-order valence-corrected chi connectivity index (χ0v) is 12.0. The first-order valence-electron chi connectivity index (χ1n) is 6.72. The number of anilines is 1. The Morgan fingerprint density at radius 1 is 1.11 bits per heavy atom. The Bertz CT molecular complexity index is 585. The Morgan fingerprint density at radius 2 is 1.83 bits per heavy atom. The minimum absolute atomic E-state index is 0.943. The second-order valence-corrected chi connectivity index (χ2v) is 4.91. The number of pyridine rings is 1. The van der Waals surface area contributed by atoms with E-state index in [0.29, 0.717) is 0 Å². The van der Waals surface area contributed by atoms with E-state index in [1.165, 1.54) is 27.8 Å². The summed E-state index contributed by atoms with van der Waals surface area (Å²) in [6.07, 6.45) is 1.02. The van der Waals surface area contributed by atoms with Crippen LogP contribution in [0.15, 0.2) is 12.1 Å². The number of benzene rings is 1. The lowest BCUT2D eigenvalue weighted by Gasteiger charge is -2.17. The zero-order valence-electron chi connectivity index (χ0n) is 12.0. The van der Waals surface area contributed by atoms with Gasteiger partial charge in [-0.1, -0.05) is 13.0 Å². The van der Waals surface area contributed by atoms with Crippen LogP contribution in [0.1, 0.15) is 36.2 Å². The fourth-order valence-corrected chi connectivity index (χ4v) is 2.74. The summed E-state index contributed by atoms with van der Waals surface area (Å²) in [6.45, 7) is 11.7. The van der Waals surface area contributed by atoms with E-state index in [0.717, 1.165) is 24.2 Å². The van der Waals surface area contributed by atoms with Crippen LogP contribution >= 0.6 is 0 Å². The van der Waals surface area contributed by atoms with E-state index in [2.05, 4.69) is 52.1 Å². The Morgan fingerprint density at radius 3 is 2.44 bits per heavy atom. The van der Waals surface area contributed by atoms with Crippen LogP contribution in [-0.2, 0) is 6.42 Å². The molecule has 2 heteroatoms. The lowest BCUT2D eigenvalue weighted by molar-refractivity contribution is 1.05. The van der Waals surface area contributed by atoms with Crippen LogP contribution < -0.4 is 5.32 Å². The molecule has 1 aromatic carbocycles. The third-order valence-electron chi connectivity index (χ3n) is 3.44. The summed E-state index contributed by atoms with van der Waals surface area (Å²) in [7, 11) is 0. The van der Waals surface area contributed by atoms with Gasteiger partial charge in [0.1, 0.15) is 0 Å². The van der Waals surface area contributed by atoms with Crippen molar-refractivity contribution < 1.29 is 0 Å². The number of nitrogens with one attached hydrogen (secondary N) is 1. The predicted octanol–water partition coefficient (Wildman–Crippen LogP) is 4.15. The van der Waals surface area contributed by atoms with Crippen molar-refractivity contribution in [2.24, 2.45) is 0 Å². The van der Waals surface area contributed by atoms with Crippen LogP contribution in [0.25, 0.3) is 10.9 Å². The van der Waals surface area contributed by atoms with Gasteiger partial charge in [-0.15, -0.1) is 0 Å². The number of nitrogens with zero attached hydrogens (tertiary/aromatic N) is 1. The van der Waals surface area contributed by atoms with Gasteiger partial charge in [0.25, 0.3) is 0 Å². The molecule has 0 radical (unpaired) electrons. The standard InChI is InChI=1S/C16H22N2/c1-6-13-12(5)18-14-9-10(3)8-11(4)15(14)16(13)17-7-2/h8-9H,6-7H2,1-5H3,(H,17,18). The molecule has 96 valence electrons. The number of aromatic nitrogens is 1. The summed E-state index contributed by atoms with van der Waals surface area (Å²) in [6, 6.07) is 4.41. The van der Waals surface area contributed by atoms with Crippen LogP contribution in [0.5, 0.6) is 0 Å². The van der Waals surface area contributed by atoms with E-state index < -0.39 is 0 Å². The Kier molecular flexibility index (Phi) is 3.55. The van der Waals surface area contributed by atoms with Gasteiger partial charge < -0.3 is 5.32 Å². The highest BCUT2D eigenvalue weighted by atomic mass is 14.9. The summed E-state index contributed by atoms with van der Waals surface area (Å²) < 4.78 is 0.